The number of esters is 1. The van der Waals surface area contributed by atoms with E-state index < -0.39 is 50.0 Å². The molecule has 3 unspecified atom stereocenters. The normalized spacial score (nSPS) is 14.8. The van der Waals surface area contributed by atoms with Gasteiger partial charge in [-0.2, -0.15) is 15.1 Å². The number of terminal acetylenes is 1. The highest BCUT2D eigenvalue weighted by molar-refractivity contribution is 7.72. The van der Waals surface area contributed by atoms with Gasteiger partial charge in [-0.05, 0) is 42.5 Å². The van der Waals surface area contributed by atoms with Crippen molar-refractivity contribution in [1.82, 2.24) is 34.7 Å². The standard InChI is InChI=1S/C47H61ClF3N9O12.C3H10O5P2.C2H2/c1-2-36-7-8-42(71-36)60-46-37(30-53-60)45(55-47(48)56-46)52-29-33-5-3-4-6-40(33)54-41(61)9-12-63-15-18-66-23-24-69-25-26-70-32-35-31-59(58-57-35)11-14-65-17-20-68-22-21-67-19-16-64-13-10-43(62)72-44-38(50)27-34(49)28-39(44)51;1-8-9(2,4)3-10(5,6)7;1-2/h3-6,27-28,30-31,36,42H,2,7-26,29,32H2,1H3,(H,54,61)(H,52,55,56);3H2,1-2H3,(H2,5,6,7);1-2H. The summed E-state index contributed by atoms with van der Waals surface area (Å²) < 4.78 is 124. The van der Waals surface area contributed by atoms with Crippen molar-refractivity contribution in [2.24, 2.45) is 0 Å². The van der Waals surface area contributed by atoms with E-state index in [1.165, 1.54) is 6.66 Å². The number of rotatable bonds is 39. The van der Waals surface area contributed by atoms with Gasteiger partial charge in [0.1, 0.15) is 23.2 Å². The van der Waals surface area contributed by atoms with Crippen LogP contribution in [-0.2, 0) is 85.6 Å². The quantitative estimate of drug-likeness (QED) is 0.00787. The van der Waals surface area contributed by atoms with Crippen LogP contribution in [0.15, 0.2) is 48.8 Å². The monoisotopic (exact) mass is 1250 g/mol. The zero-order valence-corrected chi connectivity index (χ0v) is 49.5. The van der Waals surface area contributed by atoms with Gasteiger partial charge in [-0.1, -0.05) is 30.3 Å². The number of para-hydroxylation sites is 1. The van der Waals surface area contributed by atoms with Crippen LogP contribution in [0, 0.1) is 30.3 Å². The Labute approximate surface area is 489 Å². The number of ether oxygens (including phenoxy) is 10. The minimum Gasteiger partial charge on any atom is -0.420 e. The Morgan fingerprint density at radius 3 is 1.95 bits per heavy atom. The van der Waals surface area contributed by atoms with Crippen LogP contribution in [0.3, 0.4) is 0 Å². The first-order valence-corrected chi connectivity index (χ1v) is 30.9. The third-order valence-electron chi connectivity index (χ3n) is 11.4. The van der Waals surface area contributed by atoms with Gasteiger partial charge in [-0.25, -0.2) is 22.5 Å². The number of hydrogen-bond acceptors (Lipinski definition) is 21. The number of halogens is 4. The molecule has 4 N–H and O–H groups in total. The SMILES string of the molecule is C#C.CCC1CCC(n2ncc3c(NCc4ccccc4NC(=O)CCOCCOCCOCCOCc4cn(CCOCCOCCOCCOCCC(=O)Oc5c(F)cc(F)cc5F)nn4)nc(Cl)nc32)O1.COP(C)(=O)CP(=O)(O)O. The number of carbonyl (C=O) groups is 2. The van der Waals surface area contributed by atoms with E-state index in [1.54, 1.807) is 21.8 Å². The second-order valence-corrected chi connectivity index (χ2v) is 23.1. The van der Waals surface area contributed by atoms with Crippen molar-refractivity contribution in [3.05, 3.63) is 82.8 Å². The zero-order chi connectivity index (χ0) is 61.2. The molecule has 5 aromatic rings. The Hall–Kier alpha value is -5.51. The fraction of sp³-hybridized carbons (Fsp3) is 0.558. The molecule has 0 spiro atoms. The van der Waals surface area contributed by atoms with Gasteiger partial charge in [0.05, 0.1) is 149 Å². The van der Waals surface area contributed by atoms with Crippen molar-refractivity contribution in [2.45, 2.75) is 71.1 Å². The fourth-order valence-electron chi connectivity index (χ4n) is 7.37. The molecule has 2 aromatic carbocycles. The maximum Gasteiger partial charge on any atom is 0.335 e. The van der Waals surface area contributed by atoms with Gasteiger partial charge >= 0.3 is 13.6 Å². The number of anilines is 2. The Kier molecular flexibility index (Phi) is 33.2. The van der Waals surface area contributed by atoms with Crippen molar-refractivity contribution in [3.63, 3.8) is 0 Å². The van der Waals surface area contributed by atoms with E-state index in [0.717, 1.165) is 37.3 Å². The van der Waals surface area contributed by atoms with Crippen LogP contribution in [0.1, 0.15) is 56.5 Å². The maximum atomic E-state index is 13.6. The number of amides is 1. The molecule has 1 aliphatic heterocycles. The summed E-state index contributed by atoms with van der Waals surface area (Å²) in [5.41, 5.74) is 2.81. The van der Waals surface area contributed by atoms with Crippen molar-refractivity contribution in [1.29, 1.82) is 0 Å². The first-order valence-electron chi connectivity index (χ1n) is 26.5. The Balaban J connectivity index is 0.00000114. The molecular weight excluding hydrogens is 1180 g/mol. The molecule has 0 saturated carbocycles. The molecule has 6 rings (SSSR count). The molecule has 84 heavy (non-hydrogen) atoms. The third-order valence-corrected chi connectivity index (χ3v) is 15.9. The lowest BCUT2D eigenvalue weighted by Crippen LogP contribution is -2.17. The smallest absolute Gasteiger partial charge is 0.335 e. The van der Waals surface area contributed by atoms with E-state index >= 15 is 0 Å². The largest absolute Gasteiger partial charge is 0.420 e. The van der Waals surface area contributed by atoms with E-state index in [-0.39, 0.29) is 69.4 Å². The number of fused-ring (bicyclic) bond motifs is 1. The van der Waals surface area contributed by atoms with Crippen molar-refractivity contribution in [2.75, 3.05) is 129 Å². The third kappa shape index (κ3) is 27.7. The summed E-state index contributed by atoms with van der Waals surface area (Å²) in [6.07, 6.45) is 14.2. The predicted octanol–water partition coefficient (Wildman–Crippen LogP) is 6.77. The van der Waals surface area contributed by atoms with Gasteiger partial charge in [-0.3, -0.25) is 18.7 Å². The number of nitrogens with one attached hydrogen (secondary N) is 2. The van der Waals surface area contributed by atoms with E-state index in [9.17, 15) is 31.9 Å². The lowest BCUT2D eigenvalue weighted by atomic mass is 10.1. The topological polar surface area (TPSA) is 309 Å². The minimum absolute atomic E-state index is 0.0514. The first kappa shape index (κ1) is 71.0. The molecule has 1 amide bonds. The summed E-state index contributed by atoms with van der Waals surface area (Å²) in [5, 5.41) is 19.9. The molecule has 0 bridgehead atoms. The first-order chi connectivity index (χ1) is 40.4. The molecule has 1 aliphatic rings. The van der Waals surface area contributed by atoms with E-state index in [4.69, 9.17) is 64.0 Å². The molecule has 3 atom stereocenters. The second kappa shape index (κ2) is 39.2. The fourth-order valence-corrected chi connectivity index (χ4v) is 10.7. The number of benzene rings is 2. The zero-order valence-electron chi connectivity index (χ0n) is 47.0. The lowest BCUT2D eigenvalue weighted by molar-refractivity contribution is -0.136. The van der Waals surface area contributed by atoms with E-state index in [1.807, 2.05) is 24.3 Å². The summed E-state index contributed by atoms with van der Waals surface area (Å²) in [6, 6.07) is 8.37. The Morgan fingerprint density at radius 1 is 0.810 bits per heavy atom. The molecule has 26 nitrogen and oxygen atoms in total. The number of carbonyl (C=O) groups excluding carboxylic acids is 2. The summed E-state index contributed by atoms with van der Waals surface area (Å²) in [6.45, 7) is 9.11. The highest BCUT2D eigenvalue weighted by Crippen LogP contribution is 2.55. The lowest BCUT2D eigenvalue weighted by Gasteiger charge is -2.14. The van der Waals surface area contributed by atoms with E-state index in [0.29, 0.717) is 121 Å². The molecule has 32 heteroatoms. The molecule has 1 saturated heterocycles. The highest BCUT2D eigenvalue weighted by atomic mass is 35.5. The maximum absolute atomic E-state index is 13.6. The molecule has 3 aromatic heterocycles. The number of aromatic nitrogens is 7. The highest BCUT2D eigenvalue weighted by Gasteiger charge is 2.29. The Morgan fingerprint density at radius 2 is 1.38 bits per heavy atom. The summed E-state index contributed by atoms with van der Waals surface area (Å²) >= 11 is 6.33. The van der Waals surface area contributed by atoms with Crippen LogP contribution in [0.4, 0.5) is 24.7 Å². The molecule has 466 valence electrons. The molecule has 0 radical (unpaired) electrons. The van der Waals surface area contributed by atoms with Gasteiger partial charge in [0, 0.05) is 38.1 Å². The van der Waals surface area contributed by atoms with Crippen LogP contribution >= 0.6 is 26.6 Å². The van der Waals surface area contributed by atoms with Crippen molar-refractivity contribution >= 4 is 61.0 Å². The molecule has 1 fully saturated rings. The predicted molar refractivity (Wildman–Crippen MR) is 300 cm³/mol. The van der Waals surface area contributed by atoms with Crippen molar-refractivity contribution in [3.8, 4) is 18.6 Å². The van der Waals surface area contributed by atoms with Gasteiger partial charge in [0.15, 0.2) is 23.5 Å². The summed E-state index contributed by atoms with van der Waals surface area (Å²) in [4.78, 5) is 50.1. The van der Waals surface area contributed by atoms with Gasteiger partial charge in [0.25, 0.3) is 0 Å². The molecule has 0 aliphatic carbocycles. The number of hydrogen-bond donors (Lipinski definition) is 4. The van der Waals surface area contributed by atoms with Crippen LogP contribution in [-0.4, -0.2) is 181 Å². The Bertz CT molecular complexity index is 2850. The van der Waals surface area contributed by atoms with Crippen LogP contribution in [0.2, 0.25) is 5.28 Å². The molecule has 4 heterocycles. The average Bonchev–Trinajstić information content (AvgIpc) is 3.55. The number of nitrogens with zero attached hydrogens (tertiary/aromatic N) is 7. The van der Waals surface area contributed by atoms with Crippen LogP contribution in [0.5, 0.6) is 5.75 Å². The molecular formula is C52H73ClF3N9O17P2. The summed E-state index contributed by atoms with van der Waals surface area (Å²) in [7, 11) is -6.09. The van der Waals surface area contributed by atoms with Gasteiger partial charge < -0.3 is 72.3 Å². The van der Waals surface area contributed by atoms with E-state index in [2.05, 4.69) is 65.0 Å². The average molecular weight is 1250 g/mol. The van der Waals surface area contributed by atoms with Gasteiger partial charge in [-0.15, -0.1) is 17.9 Å². The van der Waals surface area contributed by atoms with Crippen LogP contribution < -0.4 is 15.4 Å². The second-order valence-electron chi connectivity index (χ2n) is 17.9. The van der Waals surface area contributed by atoms with Crippen LogP contribution in [0.25, 0.3) is 11.0 Å². The summed E-state index contributed by atoms with van der Waals surface area (Å²) in [5.74, 6) is -5.94. The minimum atomic E-state index is -4.19. The van der Waals surface area contributed by atoms with Crippen molar-refractivity contribution < 1.29 is 93.6 Å². The van der Waals surface area contributed by atoms with Gasteiger partial charge in [0.2, 0.25) is 24.3 Å².